The number of nitro benzene ring substituents is 1. The third-order valence-electron chi connectivity index (χ3n) is 1.67. The number of nitro groups is 1. The van der Waals surface area contributed by atoms with Gasteiger partial charge in [0.05, 0.1) is 10.6 Å². The molecule has 0 atom stereocenters. The number of nitrogens with zero attached hydrogens (tertiary/aromatic N) is 1. The zero-order valence-corrected chi connectivity index (χ0v) is 7.06. The first-order valence-electron chi connectivity index (χ1n) is 3.56. The summed E-state index contributed by atoms with van der Waals surface area (Å²) in [6.07, 6.45) is 0. The van der Waals surface area contributed by atoms with Gasteiger partial charge in [0.25, 0.3) is 5.69 Å². The molecule has 6 N–H and O–H groups in total. The van der Waals surface area contributed by atoms with Crippen molar-refractivity contribution < 1.29 is 9.72 Å². The Morgan fingerprint density at radius 2 is 1.93 bits per heavy atom. The highest BCUT2D eigenvalue weighted by Gasteiger charge is 2.17. The van der Waals surface area contributed by atoms with E-state index in [0.717, 1.165) is 6.07 Å². The molecule has 1 rings (SSSR count). The minimum absolute atomic E-state index is 0.0343. The number of hydrogen-bond donors (Lipinski definition) is 3. The zero-order valence-electron chi connectivity index (χ0n) is 7.06. The number of carbonyl (C=O) groups is 1. The molecule has 14 heavy (non-hydrogen) atoms. The Labute approximate surface area is 78.6 Å². The van der Waals surface area contributed by atoms with Crippen molar-refractivity contribution in [1.29, 1.82) is 0 Å². The molecule has 1 amide bonds. The van der Waals surface area contributed by atoms with Gasteiger partial charge in [-0.25, -0.2) is 0 Å². The summed E-state index contributed by atoms with van der Waals surface area (Å²) < 4.78 is 0. The van der Waals surface area contributed by atoms with Crippen LogP contribution < -0.4 is 17.2 Å². The molecule has 0 radical (unpaired) electrons. The summed E-state index contributed by atoms with van der Waals surface area (Å²) in [6.45, 7) is 0. The van der Waals surface area contributed by atoms with Crippen LogP contribution in [0.25, 0.3) is 0 Å². The van der Waals surface area contributed by atoms with Crippen molar-refractivity contribution in [2.75, 3.05) is 11.5 Å². The normalized spacial score (nSPS) is 9.71. The van der Waals surface area contributed by atoms with Gasteiger partial charge in [0, 0.05) is 11.6 Å². The van der Waals surface area contributed by atoms with Crippen LogP contribution in [0.5, 0.6) is 0 Å². The van der Waals surface area contributed by atoms with Crippen molar-refractivity contribution in [3.05, 3.63) is 27.8 Å². The topological polar surface area (TPSA) is 138 Å². The van der Waals surface area contributed by atoms with E-state index in [1.54, 1.807) is 0 Å². The van der Waals surface area contributed by atoms with Crippen molar-refractivity contribution in [3.63, 3.8) is 0 Å². The van der Waals surface area contributed by atoms with Crippen molar-refractivity contribution in [3.8, 4) is 0 Å². The summed E-state index contributed by atoms with van der Waals surface area (Å²) in [6, 6.07) is 2.19. The second-order valence-corrected chi connectivity index (χ2v) is 2.62. The highest BCUT2D eigenvalue weighted by atomic mass is 16.6. The lowest BCUT2D eigenvalue weighted by Crippen LogP contribution is -2.12. The van der Waals surface area contributed by atoms with Crippen LogP contribution in [0.1, 0.15) is 10.4 Å². The molecule has 1 aromatic carbocycles. The first-order valence-corrected chi connectivity index (χ1v) is 3.56. The maximum Gasteiger partial charge on any atom is 0.295 e. The zero-order chi connectivity index (χ0) is 10.9. The Morgan fingerprint density at radius 1 is 1.36 bits per heavy atom. The fourth-order valence-electron chi connectivity index (χ4n) is 0.953. The Bertz CT molecular complexity index is 416. The van der Waals surface area contributed by atoms with Gasteiger partial charge in [0.2, 0.25) is 5.91 Å². The first-order chi connectivity index (χ1) is 6.43. The minimum Gasteiger partial charge on any atom is -0.397 e. The molecule has 0 saturated carbocycles. The van der Waals surface area contributed by atoms with Crippen molar-refractivity contribution in [1.82, 2.24) is 0 Å². The summed E-state index contributed by atoms with van der Waals surface area (Å²) >= 11 is 0. The van der Waals surface area contributed by atoms with Crippen LogP contribution in [0.4, 0.5) is 17.1 Å². The van der Waals surface area contributed by atoms with E-state index in [1.807, 2.05) is 0 Å². The molecular weight excluding hydrogens is 188 g/mol. The number of carbonyl (C=O) groups excluding carboxylic acids is 1. The molecule has 0 aliphatic carbocycles. The predicted molar refractivity (Wildman–Crippen MR) is 50.4 cm³/mol. The monoisotopic (exact) mass is 196 g/mol. The standard InChI is InChI=1S/C7H8N4O3/c8-4-1-3(7(10)12)2-5(6(4)9)11(13)14/h1-2H,8-9H2,(H2,10,12). The van der Waals surface area contributed by atoms with Crippen molar-refractivity contribution in [2.45, 2.75) is 0 Å². The van der Waals surface area contributed by atoms with E-state index in [4.69, 9.17) is 17.2 Å². The molecule has 0 aliphatic rings. The van der Waals surface area contributed by atoms with Crippen LogP contribution in [-0.2, 0) is 0 Å². The maximum atomic E-state index is 10.7. The van der Waals surface area contributed by atoms with Crippen molar-refractivity contribution >= 4 is 23.0 Å². The van der Waals surface area contributed by atoms with Crippen LogP contribution in [0.2, 0.25) is 0 Å². The van der Waals surface area contributed by atoms with Gasteiger partial charge in [-0.3, -0.25) is 14.9 Å². The van der Waals surface area contributed by atoms with Crippen LogP contribution in [-0.4, -0.2) is 10.8 Å². The molecule has 0 spiro atoms. The van der Waals surface area contributed by atoms with Crippen LogP contribution >= 0.6 is 0 Å². The van der Waals surface area contributed by atoms with Gasteiger partial charge in [-0.05, 0) is 6.07 Å². The Hall–Kier alpha value is -2.31. The molecule has 1 aromatic rings. The van der Waals surface area contributed by atoms with E-state index >= 15 is 0 Å². The highest BCUT2D eigenvalue weighted by molar-refractivity contribution is 5.96. The SMILES string of the molecule is NC(=O)c1cc(N)c(N)c([N+](=O)[O-])c1. The average molecular weight is 196 g/mol. The molecule has 0 heterocycles. The molecule has 0 bridgehead atoms. The Balaban J connectivity index is 3.43. The Morgan fingerprint density at radius 3 is 2.36 bits per heavy atom. The summed E-state index contributed by atoms with van der Waals surface area (Å²) in [7, 11) is 0. The third kappa shape index (κ3) is 1.56. The summed E-state index contributed by atoms with van der Waals surface area (Å²) in [4.78, 5) is 20.5. The number of amides is 1. The van der Waals surface area contributed by atoms with E-state index in [0.29, 0.717) is 0 Å². The first kappa shape index (κ1) is 9.78. The molecule has 0 unspecified atom stereocenters. The van der Waals surface area contributed by atoms with Gasteiger partial charge in [0.1, 0.15) is 5.69 Å². The lowest BCUT2D eigenvalue weighted by molar-refractivity contribution is -0.383. The van der Waals surface area contributed by atoms with E-state index in [9.17, 15) is 14.9 Å². The lowest BCUT2D eigenvalue weighted by atomic mass is 10.1. The largest absolute Gasteiger partial charge is 0.397 e. The van der Waals surface area contributed by atoms with Gasteiger partial charge in [-0.2, -0.15) is 0 Å². The fraction of sp³-hybridized carbons (Fsp3) is 0. The number of nitrogens with two attached hydrogens (primary N) is 3. The quantitative estimate of drug-likeness (QED) is 0.343. The lowest BCUT2D eigenvalue weighted by Gasteiger charge is -2.03. The average Bonchev–Trinajstić information content (AvgIpc) is 2.08. The van der Waals surface area contributed by atoms with Gasteiger partial charge >= 0.3 is 0 Å². The molecule has 0 saturated heterocycles. The number of hydrogen-bond acceptors (Lipinski definition) is 5. The second-order valence-electron chi connectivity index (χ2n) is 2.62. The minimum atomic E-state index is -0.792. The van der Waals surface area contributed by atoms with E-state index in [1.165, 1.54) is 6.07 Å². The van der Waals surface area contributed by atoms with Gasteiger partial charge in [-0.15, -0.1) is 0 Å². The molecular formula is C7H8N4O3. The molecule has 7 nitrogen and oxygen atoms in total. The summed E-state index contributed by atoms with van der Waals surface area (Å²) in [5, 5.41) is 10.5. The molecule has 0 fully saturated rings. The Kier molecular flexibility index (Phi) is 2.24. The molecule has 74 valence electrons. The molecule has 0 aliphatic heterocycles. The van der Waals surface area contributed by atoms with Crippen LogP contribution in [0, 0.1) is 10.1 Å². The van der Waals surface area contributed by atoms with E-state index in [-0.39, 0.29) is 16.9 Å². The summed E-state index contributed by atoms with van der Waals surface area (Å²) in [5.41, 5.74) is 15.0. The predicted octanol–water partition coefficient (Wildman–Crippen LogP) is -0.142. The second kappa shape index (κ2) is 3.21. The van der Waals surface area contributed by atoms with Gasteiger partial charge < -0.3 is 17.2 Å². The van der Waals surface area contributed by atoms with Gasteiger partial charge in [0.15, 0.2) is 0 Å². The smallest absolute Gasteiger partial charge is 0.295 e. The number of anilines is 2. The van der Waals surface area contributed by atoms with Gasteiger partial charge in [-0.1, -0.05) is 0 Å². The number of primary amides is 1. The highest BCUT2D eigenvalue weighted by Crippen LogP contribution is 2.28. The number of benzene rings is 1. The van der Waals surface area contributed by atoms with E-state index in [2.05, 4.69) is 0 Å². The van der Waals surface area contributed by atoms with Crippen LogP contribution in [0.3, 0.4) is 0 Å². The fourth-order valence-corrected chi connectivity index (χ4v) is 0.953. The van der Waals surface area contributed by atoms with Crippen molar-refractivity contribution in [2.24, 2.45) is 5.73 Å². The van der Waals surface area contributed by atoms with Crippen LogP contribution in [0.15, 0.2) is 12.1 Å². The number of rotatable bonds is 2. The molecule has 0 aromatic heterocycles. The molecule has 7 heteroatoms. The third-order valence-corrected chi connectivity index (χ3v) is 1.67. The maximum absolute atomic E-state index is 10.7. The van der Waals surface area contributed by atoms with E-state index < -0.39 is 16.5 Å². The number of nitrogen functional groups attached to an aromatic ring is 2. The summed E-state index contributed by atoms with van der Waals surface area (Å²) in [5.74, 6) is -0.792.